The Balaban J connectivity index is 1.52. The SMILES string of the molecule is CCCCOc1ccc(NC(=O)N2CCC(S(=O)(=O)c3ccc(OC)cc3)CC2)cc1. The van der Waals surface area contributed by atoms with Crippen LogP contribution < -0.4 is 14.8 Å². The molecule has 2 aromatic rings. The molecule has 1 N–H and O–H groups in total. The Kier molecular flexibility index (Phi) is 7.79. The van der Waals surface area contributed by atoms with Crippen molar-refractivity contribution in [2.45, 2.75) is 42.8 Å². The van der Waals surface area contributed by atoms with E-state index in [0.29, 0.717) is 44.0 Å². The highest BCUT2D eigenvalue weighted by molar-refractivity contribution is 7.92. The average Bonchev–Trinajstić information content (AvgIpc) is 2.80. The van der Waals surface area contributed by atoms with Crippen LogP contribution in [0.5, 0.6) is 11.5 Å². The summed E-state index contributed by atoms with van der Waals surface area (Å²) in [4.78, 5) is 14.5. The predicted molar refractivity (Wildman–Crippen MR) is 121 cm³/mol. The van der Waals surface area contributed by atoms with Gasteiger partial charge >= 0.3 is 6.03 Å². The van der Waals surface area contributed by atoms with Gasteiger partial charge in [0.25, 0.3) is 0 Å². The third-order valence-electron chi connectivity index (χ3n) is 5.43. The third-order valence-corrected chi connectivity index (χ3v) is 7.71. The highest BCUT2D eigenvalue weighted by Gasteiger charge is 2.32. The Morgan fingerprint density at radius 1 is 1.03 bits per heavy atom. The smallest absolute Gasteiger partial charge is 0.321 e. The van der Waals surface area contributed by atoms with Crippen LogP contribution in [0.25, 0.3) is 0 Å². The van der Waals surface area contributed by atoms with Gasteiger partial charge in [-0.3, -0.25) is 0 Å². The molecule has 168 valence electrons. The van der Waals surface area contributed by atoms with E-state index in [2.05, 4.69) is 12.2 Å². The van der Waals surface area contributed by atoms with Crippen LogP contribution in [0.15, 0.2) is 53.4 Å². The minimum absolute atomic E-state index is 0.222. The molecule has 1 saturated heterocycles. The van der Waals surface area contributed by atoms with Crippen molar-refractivity contribution in [3.63, 3.8) is 0 Å². The molecule has 1 aliphatic heterocycles. The number of unbranched alkanes of at least 4 members (excludes halogenated alkanes) is 1. The average molecular weight is 447 g/mol. The maximum Gasteiger partial charge on any atom is 0.321 e. The molecule has 8 heteroatoms. The number of amides is 2. The second-order valence-electron chi connectivity index (χ2n) is 7.56. The van der Waals surface area contributed by atoms with E-state index in [9.17, 15) is 13.2 Å². The maximum atomic E-state index is 12.9. The highest BCUT2D eigenvalue weighted by Crippen LogP contribution is 2.26. The summed E-state index contributed by atoms with van der Waals surface area (Å²) < 4.78 is 36.5. The molecule has 0 aliphatic carbocycles. The van der Waals surface area contributed by atoms with E-state index in [1.807, 2.05) is 12.1 Å². The first-order chi connectivity index (χ1) is 14.9. The first-order valence-electron chi connectivity index (χ1n) is 10.6. The molecule has 7 nitrogen and oxygen atoms in total. The van der Waals surface area contributed by atoms with E-state index >= 15 is 0 Å². The molecule has 2 aromatic carbocycles. The van der Waals surface area contributed by atoms with Crippen molar-refractivity contribution in [3.8, 4) is 11.5 Å². The molecule has 0 unspecified atom stereocenters. The largest absolute Gasteiger partial charge is 0.497 e. The van der Waals surface area contributed by atoms with Gasteiger partial charge in [-0.05, 0) is 67.8 Å². The second kappa shape index (κ2) is 10.5. The maximum absolute atomic E-state index is 12.9. The van der Waals surface area contributed by atoms with E-state index in [1.165, 1.54) is 0 Å². The Morgan fingerprint density at radius 2 is 1.65 bits per heavy atom. The summed E-state index contributed by atoms with van der Waals surface area (Å²) in [6.07, 6.45) is 2.90. The van der Waals surface area contributed by atoms with Crippen molar-refractivity contribution in [2.75, 3.05) is 32.1 Å². The van der Waals surface area contributed by atoms with Crippen molar-refractivity contribution in [1.82, 2.24) is 4.90 Å². The second-order valence-corrected chi connectivity index (χ2v) is 9.79. The lowest BCUT2D eigenvalue weighted by atomic mass is 10.1. The summed E-state index contributed by atoms with van der Waals surface area (Å²) >= 11 is 0. The molecule has 3 rings (SSSR count). The zero-order valence-electron chi connectivity index (χ0n) is 18.0. The van der Waals surface area contributed by atoms with E-state index in [1.54, 1.807) is 48.4 Å². The molecule has 1 fully saturated rings. The van der Waals surface area contributed by atoms with Gasteiger partial charge in [0.15, 0.2) is 9.84 Å². The van der Waals surface area contributed by atoms with Gasteiger partial charge in [-0.2, -0.15) is 0 Å². The number of nitrogens with zero attached hydrogens (tertiary/aromatic N) is 1. The number of piperidine rings is 1. The van der Waals surface area contributed by atoms with Crippen molar-refractivity contribution in [1.29, 1.82) is 0 Å². The molecule has 0 radical (unpaired) electrons. The van der Waals surface area contributed by atoms with E-state index in [-0.39, 0.29) is 10.9 Å². The number of hydrogen-bond donors (Lipinski definition) is 1. The topological polar surface area (TPSA) is 84.9 Å². The summed E-state index contributed by atoms with van der Waals surface area (Å²) in [6, 6.07) is 13.5. The molecule has 1 heterocycles. The number of carbonyl (C=O) groups is 1. The molecule has 0 atom stereocenters. The standard InChI is InChI=1S/C23H30N2O5S/c1-3-4-17-30-20-7-5-18(6-8-20)24-23(26)25-15-13-22(14-16-25)31(27,28)21-11-9-19(29-2)10-12-21/h5-12,22H,3-4,13-17H2,1-2H3,(H,24,26). The molecular weight excluding hydrogens is 416 g/mol. The molecule has 0 saturated carbocycles. The van der Waals surface area contributed by atoms with E-state index < -0.39 is 15.1 Å². The summed E-state index contributed by atoms with van der Waals surface area (Å²) in [5.41, 5.74) is 0.681. The first-order valence-corrected chi connectivity index (χ1v) is 12.2. The van der Waals surface area contributed by atoms with Gasteiger partial charge in [-0.1, -0.05) is 13.3 Å². The number of nitrogens with one attached hydrogen (secondary N) is 1. The summed E-state index contributed by atoms with van der Waals surface area (Å²) in [5.74, 6) is 1.39. The fourth-order valence-corrected chi connectivity index (χ4v) is 5.23. The molecule has 31 heavy (non-hydrogen) atoms. The minimum Gasteiger partial charge on any atom is -0.497 e. The number of hydrogen-bond acceptors (Lipinski definition) is 5. The zero-order valence-corrected chi connectivity index (χ0v) is 18.9. The van der Waals surface area contributed by atoms with Gasteiger partial charge < -0.3 is 19.7 Å². The van der Waals surface area contributed by atoms with Crippen LogP contribution in [0.1, 0.15) is 32.6 Å². The summed E-state index contributed by atoms with van der Waals surface area (Å²) in [5, 5.41) is 2.38. The van der Waals surface area contributed by atoms with Gasteiger partial charge in [-0.25, -0.2) is 13.2 Å². The minimum atomic E-state index is -3.44. The van der Waals surface area contributed by atoms with Gasteiger partial charge in [0, 0.05) is 18.8 Å². The Hall–Kier alpha value is -2.74. The van der Waals surface area contributed by atoms with Crippen LogP contribution in [-0.2, 0) is 9.84 Å². The van der Waals surface area contributed by atoms with Crippen LogP contribution in [-0.4, -0.2) is 51.4 Å². The van der Waals surface area contributed by atoms with Gasteiger partial charge in [0.1, 0.15) is 11.5 Å². The lowest BCUT2D eigenvalue weighted by Crippen LogP contribution is -2.44. The van der Waals surface area contributed by atoms with Crippen LogP contribution in [0, 0.1) is 0 Å². The van der Waals surface area contributed by atoms with E-state index in [4.69, 9.17) is 9.47 Å². The van der Waals surface area contributed by atoms with Crippen molar-refractivity contribution >= 4 is 21.6 Å². The number of methoxy groups -OCH3 is 1. The number of sulfone groups is 1. The van der Waals surface area contributed by atoms with Crippen molar-refractivity contribution in [2.24, 2.45) is 0 Å². The van der Waals surface area contributed by atoms with Crippen LogP contribution >= 0.6 is 0 Å². The van der Waals surface area contributed by atoms with Crippen LogP contribution in [0.2, 0.25) is 0 Å². The Bertz CT molecular complexity index is 950. The predicted octanol–water partition coefficient (Wildman–Crippen LogP) is 4.34. The van der Waals surface area contributed by atoms with Gasteiger partial charge in [-0.15, -0.1) is 0 Å². The fourth-order valence-electron chi connectivity index (χ4n) is 3.50. The number of carbonyl (C=O) groups excluding carboxylic acids is 1. The molecule has 1 aliphatic rings. The highest BCUT2D eigenvalue weighted by atomic mass is 32.2. The third kappa shape index (κ3) is 5.91. The van der Waals surface area contributed by atoms with Crippen molar-refractivity contribution < 1.29 is 22.7 Å². The Morgan fingerprint density at radius 3 is 2.23 bits per heavy atom. The molecule has 0 spiro atoms. The summed E-state index contributed by atoms with van der Waals surface area (Å²) in [6.45, 7) is 3.57. The fraction of sp³-hybridized carbons (Fsp3) is 0.435. The molecule has 2 amide bonds. The summed E-state index contributed by atoms with van der Waals surface area (Å²) in [7, 11) is -1.90. The molecule has 0 aromatic heterocycles. The quantitative estimate of drug-likeness (QED) is 0.610. The van der Waals surface area contributed by atoms with Crippen LogP contribution in [0.3, 0.4) is 0 Å². The molecular formula is C23H30N2O5S. The van der Waals surface area contributed by atoms with Gasteiger partial charge in [0.05, 0.1) is 23.9 Å². The van der Waals surface area contributed by atoms with Crippen molar-refractivity contribution in [3.05, 3.63) is 48.5 Å². The first kappa shape index (κ1) is 22.9. The number of likely N-dealkylation sites (tertiary alicyclic amines) is 1. The van der Waals surface area contributed by atoms with Gasteiger partial charge in [0.2, 0.25) is 0 Å². The molecule has 0 bridgehead atoms. The monoisotopic (exact) mass is 446 g/mol. The Labute approximate surface area is 184 Å². The number of rotatable bonds is 8. The van der Waals surface area contributed by atoms with E-state index in [0.717, 1.165) is 18.6 Å². The zero-order chi connectivity index (χ0) is 22.3. The van der Waals surface area contributed by atoms with Crippen LogP contribution in [0.4, 0.5) is 10.5 Å². The number of urea groups is 1. The number of benzene rings is 2. The number of anilines is 1. The lowest BCUT2D eigenvalue weighted by Gasteiger charge is -2.31. The lowest BCUT2D eigenvalue weighted by molar-refractivity contribution is 0.200. The normalized spacial score (nSPS) is 14.8. The number of ether oxygens (including phenoxy) is 2.